The van der Waals surface area contributed by atoms with Crippen molar-refractivity contribution in [2.75, 3.05) is 6.26 Å². The van der Waals surface area contributed by atoms with Crippen LogP contribution in [0.25, 0.3) is 11.1 Å². The van der Waals surface area contributed by atoms with Gasteiger partial charge in [-0.1, -0.05) is 36.4 Å². The zero-order valence-corrected chi connectivity index (χ0v) is 19.4. The van der Waals surface area contributed by atoms with Gasteiger partial charge in [-0.05, 0) is 54.8 Å². The summed E-state index contributed by atoms with van der Waals surface area (Å²) in [4.78, 5) is 13.6. The summed E-state index contributed by atoms with van der Waals surface area (Å²) in [5, 5.41) is 13.6. The second-order valence-corrected chi connectivity index (χ2v) is 9.38. The first-order valence-corrected chi connectivity index (χ1v) is 11.8. The summed E-state index contributed by atoms with van der Waals surface area (Å²) in [6.45, 7) is 0.534. The molecule has 4 nitrogen and oxygen atoms in total. The highest BCUT2D eigenvalue weighted by atomic mass is 32.2. The van der Waals surface area contributed by atoms with Crippen LogP contribution in [-0.4, -0.2) is 35.8 Å². The van der Waals surface area contributed by atoms with Crippen molar-refractivity contribution in [1.82, 2.24) is 10.6 Å². The van der Waals surface area contributed by atoms with E-state index in [2.05, 4.69) is 10.6 Å². The number of halogens is 5. The molecule has 34 heavy (non-hydrogen) atoms. The van der Waals surface area contributed by atoms with Crippen LogP contribution in [0.1, 0.15) is 37.8 Å². The quantitative estimate of drug-likeness (QED) is 0.337. The van der Waals surface area contributed by atoms with E-state index in [9.17, 15) is 26.7 Å². The first kappa shape index (κ1) is 26.0. The number of carbonyl (C=O) groups excluding carboxylic acids is 1. The molecule has 10 heteroatoms. The zero-order valence-electron chi connectivity index (χ0n) is 18.5. The number of nitriles is 1. The Morgan fingerprint density at radius 1 is 1.06 bits per heavy atom. The van der Waals surface area contributed by atoms with E-state index < -0.39 is 42.0 Å². The first-order chi connectivity index (χ1) is 15.9. The van der Waals surface area contributed by atoms with Crippen LogP contribution in [0.5, 0.6) is 0 Å². The van der Waals surface area contributed by atoms with E-state index in [-0.39, 0.29) is 5.56 Å². The van der Waals surface area contributed by atoms with E-state index in [1.807, 2.05) is 36.6 Å². The van der Waals surface area contributed by atoms with Gasteiger partial charge in [0.05, 0.1) is 12.1 Å². The molecule has 1 amide bonds. The van der Waals surface area contributed by atoms with Crippen LogP contribution in [0, 0.1) is 11.3 Å². The molecule has 2 atom stereocenters. The Bertz CT molecular complexity index is 1040. The summed E-state index contributed by atoms with van der Waals surface area (Å²) in [5.41, 5.74) is 0.100. The minimum absolute atomic E-state index is 0.212. The lowest BCUT2D eigenvalue weighted by Gasteiger charge is -2.29. The third-order valence-electron chi connectivity index (χ3n) is 5.57. The Morgan fingerprint density at radius 3 is 2.00 bits per heavy atom. The summed E-state index contributed by atoms with van der Waals surface area (Å²) < 4.78 is 69.3. The van der Waals surface area contributed by atoms with E-state index in [4.69, 9.17) is 5.26 Å². The molecule has 0 radical (unpaired) electrons. The highest BCUT2D eigenvalue weighted by molar-refractivity contribution is 7.98. The van der Waals surface area contributed by atoms with Gasteiger partial charge in [0.25, 0.3) is 0 Å². The molecule has 0 heterocycles. The minimum atomic E-state index is -4.85. The Balaban J connectivity index is 1.85. The molecule has 0 aromatic heterocycles. The summed E-state index contributed by atoms with van der Waals surface area (Å²) in [7, 11) is 0. The second kappa shape index (κ2) is 9.92. The molecule has 2 aromatic rings. The smallest absolute Gasteiger partial charge is 0.336 e. The molecule has 1 aliphatic carbocycles. The highest BCUT2D eigenvalue weighted by Crippen LogP contribution is 2.37. The fourth-order valence-electron chi connectivity index (χ4n) is 3.53. The zero-order chi connectivity index (χ0) is 25.1. The predicted molar refractivity (Wildman–Crippen MR) is 120 cm³/mol. The van der Waals surface area contributed by atoms with Crippen LogP contribution in [-0.2, 0) is 4.79 Å². The number of rotatable bonds is 9. The van der Waals surface area contributed by atoms with Gasteiger partial charge in [-0.2, -0.15) is 18.4 Å². The van der Waals surface area contributed by atoms with E-state index in [0.29, 0.717) is 25.3 Å². The largest absolute Gasteiger partial charge is 0.407 e. The van der Waals surface area contributed by atoms with Crippen LogP contribution >= 0.6 is 11.8 Å². The fourth-order valence-corrected chi connectivity index (χ4v) is 3.94. The maximum atomic E-state index is 13.9. The fraction of sp³-hybridized carbons (Fsp3) is 0.417. The Labute approximate surface area is 198 Å². The topological polar surface area (TPSA) is 64.9 Å². The van der Waals surface area contributed by atoms with Crippen LogP contribution in [0.15, 0.2) is 53.4 Å². The molecule has 1 saturated carbocycles. The van der Waals surface area contributed by atoms with Gasteiger partial charge in [0.2, 0.25) is 11.8 Å². The molecule has 182 valence electrons. The van der Waals surface area contributed by atoms with Crippen molar-refractivity contribution < 1.29 is 26.7 Å². The van der Waals surface area contributed by atoms with Crippen molar-refractivity contribution in [1.29, 1.82) is 5.26 Å². The van der Waals surface area contributed by atoms with Crippen molar-refractivity contribution in [2.24, 2.45) is 0 Å². The van der Waals surface area contributed by atoms with Crippen LogP contribution in [0.4, 0.5) is 22.0 Å². The number of thioether (sulfide) groups is 1. The molecule has 3 rings (SSSR count). The number of amides is 1. The van der Waals surface area contributed by atoms with E-state index in [1.54, 1.807) is 11.8 Å². The monoisotopic (exact) mass is 497 g/mol. The number of alkyl halides is 5. The first-order valence-electron chi connectivity index (χ1n) is 10.5. The Kier molecular flexibility index (Phi) is 7.58. The molecule has 1 aliphatic rings. The summed E-state index contributed by atoms with van der Waals surface area (Å²) >= 11 is 1.56. The standard InChI is InChI=1S/C24H24F5N3OS/c1-22(25,26)13-19(21(33)32-23(14-30)11-12-23)31-20(24(27,28)29)17-5-3-15(4-6-17)16-7-9-18(34-2)10-8-16/h3-10,19-20,31H,11-13H2,1-2H3,(H,32,33)/t19-,20-/m0/s1. The molecule has 0 bridgehead atoms. The van der Waals surface area contributed by atoms with Crippen molar-refractivity contribution >= 4 is 17.7 Å². The molecule has 0 unspecified atom stereocenters. The van der Waals surface area contributed by atoms with Gasteiger partial charge in [-0.3, -0.25) is 10.1 Å². The molecular weight excluding hydrogens is 473 g/mol. The third-order valence-corrected chi connectivity index (χ3v) is 6.31. The number of carbonyl (C=O) groups is 1. The normalized spacial score (nSPS) is 16.9. The van der Waals surface area contributed by atoms with E-state index >= 15 is 0 Å². The maximum Gasteiger partial charge on any atom is 0.407 e. The molecule has 0 aliphatic heterocycles. The average Bonchev–Trinajstić information content (AvgIpc) is 3.55. The van der Waals surface area contributed by atoms with Gasteiger partial charge in [0.15, 0.2) is 0 Å². The van der Waals surface area contributed by atoms with Gasteiger partial charge >= 0.3 is 6.18 Å². The average molecular weight is 498 g/mol. The minimum Gasteiger partial charge on any atom is -0.336 e. The lowest BCUT2D eigenvalue weighted by Crippen LogP contribution is -2.53. The van der Waals surface area contributed by atoms with Gasteiger partial charge in [-0.15, -0.1) is 11.8 Å². The number of hydrogen-bond donors (Lipinski definition) is 2. The number of nitrogens with zero attached hydrogens (tertiary/aromatic N) is 1. The highest BCUT2D eigenvalue weighted by Gasteiger charge is 2.48. The molecule has 1 fully saturated rings. The summed E-state index contributed by atoms with van der Waals surface area (Å²) in [5.74, 6) is -4.46. The number of nitrogens with one attached hydrogen (secondary N) is 2. The number of benzene rings is 2. The predicted octanol–water partition coefficient (Wildman–Crippen LogP) is 5.85. The van der Waals surface area contributed by atoms with Gasteiger partial charge in [-0.25, -0.2) is 8.78 Å². The SMILES string of the molecule is CSc1ccc(-c2ccc([C@H](N[C@@H](CC(C)(F)F)C(=O)NC3(C#N)CC3)C(F)(F)F)cc2)cc1. The van der Waals surface area contributed by atoms with Crippen LogP contribution in [0.2, 0.25) is 0 Å². The van der Waals surface area contributed by atoms with Crippen molar-refractivity contribution in [3.8, 4) is 17.2 Å². The number of hydrogen-bond acceptors (Lipinski definition) is 4. The van der Waals surface area contributed by atoms with Crippen molar-refractivity contribution in [3.05, 3.63) is 54.1 Å². The van der Waals surface area contributed by atoms with E-state index in [1.165, 1.54) is 24.3 Å². The molecular formula is C24H24F5N3OS. The third kappa shape index (κ3) is 6.70. The van der Waals surface area contributed by atoms with Gasteiger partial charge in [0.1, 0.15) is 11.6 Å². The molecule has 2 N–H and O–H groups in total. The Hall–Kier alpha value is -2.64. The molecule has 0 saturated heterocycles. The lowest BCUT2D eigenvalue weighted by molar-refractivity contribution is -0.162. The van der Waals surface area contributed by atoms with E-state index in [0.717, 1.165) is 10.5 Å². The summed E-state index contributed by atoms with van der Waals surface area (Å²) in [6.07, 6.45) is -3.41. The molecule has 0 spiro atoms. The summed E-state index contributed by atoms with van der Waals surface area (Å²) in [6, 6.07) is 10.7. The van der Waals surface area contributed by atoms with Crippen LogP contribution in [0.3, 0.4) is 0 Å². The second-order valence-electron chi connectivity index (χ2n) is 8.50. The van der Waals surface area contributed by atoms with Gasteiger partial charge in [0, 0.05) is 11.3 Å². The van der Waals surface area contributed by atoms with Crippen molar-refractivity contribution in [3.63, 3.8) is 0 Å². The van der Waals surface area contributed by atoms with Crippen molar-refractivity contribution in [2.45, 2.75) is 60.8 Å². The molecule has 2 aromatic carbocycles. The van der Waals surface area contributed by atoms with Crippen LogP contribution < -0.4 is 10.6 Å². The van der Waals surface area contributed by atoms with Gasteiger partial charge < -0.3 is 5.32 Å². The lowest BCUT2D eigenvalue weighted by atomic mass is 9.98. The maximum absolute atomic E-state index is 13.9. The Morgan fingerprint density at radius 2 is 1.59 bits per heavy atom.